The van der Waals surface area contributed by atoms with E-state index in [1.807, 2.05) is 24.3 Å². The maximum atomic E-state index is 12.0. The predicted octanol–water partition coefficient (Wildman–Crippen LogP) is 3.00. The molecular formula is C18H18N4O2S. The standard InChI is InChI=1S/C18H18N4O2S/c1-2-22-15-9-5-4-8-14(15)20-18(22)25-12-17(24)21-19-11-13-7-3-6-10-16(13)23/h3-11,23H,2,12H2,1H3,(H,21,24)/b19-11+. The number of aromatic hydroxyl groups is 1. The Kier molecular flexibility index (Phi) is 5.35. The van der Waals surface area contributed by atoms with Gasteiger partial charge in [0.15, 0.2) is 5.16 Å². The number of imidazole rings is 1. The number of hydrogen-bond acceptors (Lipinski definition) is 5. The Labute approximate surface area is 149 Å². The number of carbonyl (C=O) groups is 1. The van der Waals surface area contributed by atoms with E-state index in [0.29, 0.717) is 5.56 Å². The molecule has 3 aromatic rings. The van der Waals surface area contributed by atoms with Crippen molar-refractivity contribution in [2.75, 3.05) is 5.75 Å². The summed E-state index contributed by atoms with van der Waals surface area (Å²) in [6, 6.07) is 14.7. The van der Waals surface area contributed by atoms with Crippen LogP contribution in [0.1, 0.15) is 12.5 Å². The molecule has 25 heavy (non-hydrogen) atoms. The van der Waals surface area contributed by atoms with Gasteiger partial charge in [0.25, 0.3) is 5.91 Å². The van der Waals surface area contributed by atoms with Crippen molar-refractivity contribution in [1.29, 1.82) is 0 Å². The monoisotopic (exact) mass is 354 g/mol. The molecule has 0 aliphatic heterocycles. The first-order chi connectivity index (χ1) is 12.2. The zero-order chi connectivity index (χ0) is 17.6. The average molecular weight is 354 g/mol. The number of nitrogens with one attached hydrogen (secondary N) is 1. The van der Waals surface area contributed by atoms with Gasteiger partial charge >= 0.3 is 0 Å². The van der Waals surface area contributed by atoms with E-state index < -0.39 is 0 Å². The lowest BCUT2D eigenvalue weighted by Gasteiger charge is -2.05. The Hall–Kier alpha value is -2.80. The minimum atomic E-state index is -0.230. The second kappa shape index (κ2) is 7.85. The highest BCUT2D eigenvalue weighted by atomic mass is 32.2. The molecule has 7 heteroatoms. The van der Waals surface area contributed by atoms with Crippen LogP contribution in [0, 0.1) is 0 Å². The number of nitrogens with zero attached hydrogens (tertiary/aromatic N) is 3. The van der Waals surface area contributed by atoms with E-state index in [9.17, 15) is 9.90 Å². The summed E-state index contributed by atoms with van der Waals surface area (Å²) in [6.07, 6.45) is 1.42. The fourth-order valence-corrected chi connectivity index (χ4v) is 3.27. The van der Waals surface area contributed by atoms with Crippen molar-refractivity contribution < 1.29 is 9.90 Å². The molecule has 0 aliphatic rings. The van der Waals surface area contributed by atoms with E-state index in [2.05, 4.69) is 27.0 Å². The molecular weight excluding hydrogens is 336 g/mol. The zero-order valence-electron chi connectivity index (χ0n) is 13.7. The van der Waals surface area contributed by atoms with Gasteiger partial charge in [0.1, 0.15) is 5.75 Å². The van der Waals surface area contributed by atoms with Crippen LogP contribution in [0.4, 0.5) is 0 Å². The summed E-state index contributed by atoms with van der Waals surface area (Å²) in [6.45, 7) is 2.84. The van der Waals surface area contributed by atoms with Crippen molar-refractivity contribution >= 4 is 34.9 Å². The van der Waals surface area contributed by atoms with Crippen molar-refractivity contribution in [2.45, 2.75) is 18.6 Å². The van der Waals surface area contributed by atoms with Crippen LogP contribution >= 0.6 is 11.8 Å². The predicted molar refractivity (Wildman–Crippen MR) is 100.0 cm³/mol. The number of aryl methyl sites for hydroxylation is 1. The maximum Gasteiger partial charge on any atom is 0.250 e. The topological polar surface area (TPSA) is 79.5 Å². The quantitative estimate of drug-likeness (QED) is 0.405. The van der Waals surface area contributed by atoms with E-state index in [1.165, 1.54) is 18.0 Å². The molecule has 0 saturated heterocycles. The van der Waals surface area contributed by atoms with Crippen LogP contribution in [0.5, 0.6) is 5.75 Å². The first-order valence-corrected chi connectivity index (χ1v) is 8.85. The van der Waals surface area contributed by atoms with E-state index in [-0.39, 0.29) is 17.4 Å². The van der Waals surface area contributed by atoms with Crippen LogP contribution in [0.25, 0.3) is 11.0 Å². The van der Waals surface area contributed by atoms with E-state index in [4.69, 9.17) is 0 Å². The molecule has 0 saturated carbocycles. The van der Waals surface area contributed by atoms with Crippen molar-refractivity contribution in [3.63, 3.8) is 0 Å². The number of para-hydroxylation sites is 3. The van der Waals surface area contributed by atoms with Gasteiger partial charge in [-0.1, -0.05) is 36.0 Å². The third-order valence-electron chi connectivity index (χ3n) is 3.60. The molecule has 3 rings (SSSR count). The molecule has 2 N–H and O–H groups in total. The molecule has 1 amide bonds. The number of carbonyl (C=O) groups excluding carboxylic acids is 1. The lowest BCUT2D eigenvalue weighted by molar-refractivity contribution is -0.118. The van der Waals surface area contributed by atoms with E-state index in [1.54, 1.807) is 24.3 Å². The summed E-state index contributed by atoms with van der Waals surface area (Å²) in [5.74, 6) is 0.0967. The number of hydrazone groups is 1. The Bertz CT molecular complexity index is 920. The van der Waals surface area contributed by atoms with Gasteiger partial charge in [-0.25, -0.2) is 10.4 Å². The normalized spacial score (nSPS) is 11.2. The molecule has 1 aromatic heterocycles. The molecule has 0 bridgehead atoms. The molecule has 128 valence electrons. The number of hydrogen-bond donors (Lipinski definition) is 2. The number of aromatic nitrogens is 2. The summed E-state index contributed by atoms with van der Waals surface area (Å²) in [7, 11) is 0. The second-order valence-electron chi connectivity index (χ2n) is 5.27. The molecule has 0 unspecified atom stereocenters. The molecule has 1 heterocycles. The Morgan fingerprint density at radius 2 is 2.04 bits per heavy atom. The smallest absolute Gasteiger partial charge is 0.250 e. The van der Waals surface area contributed by atoms with Gasteiger partial charge < -0.3 is 9.67 Å². The third kappa shape index (κ3) is 4.00. The summed E-state index contributed by atoms with van der Waals surface area (Å²) in [5.41, 5.74) is 4.99. The van der Waals surface area contributed by atoms with Crippen LogP contribution in [-0.4, -0.2) is 32.5 Å². The van der Waals surface area contributed by atoms with Crippen molar-refractivity contribution in [1.82, 2.24) is 15.0 Å². The SMILES string of the molecule is CCn1c(SCC(=O)N/N=C/c2ccccc2O)nc2ccccc21. The van der Waals surface area contributed by atoms with E-state index >= 15 is 0 Å². The number of thioether (sulfide) groups is 1. The van der Waals surface area contributed by atoms with E-state index in [0.717, 1.165) is 22.7 Å². The fraction of sp³-hybridized carbons (Fsp3) is 0.167. The molecule has 2 aromatic carbocycles. The van der Waals surface area contributed by atoms with Gasteiger partial charge in [-0.15, -0.1) is 0 Å². The minimum absolute atomic E-state index is 0.117. The second-order valence-corrected chi connectivity index (χ2v) is 6.21. The minimum Gasteiger partial charge on any atom is -0.507 e. The van der Waals surface area contributed by atoms with Crippen LogP contribution in [-0.2, 0) is 11.3 Å². The molecule has 0 atom stereocenters. The highest BCUT2D eigenvalue weighted by molar-refractivity contribution is 7.99. The van der Waals surface area contributed by atoms with Gasteiger partial charge in [-0.05, 0) is 31.2 Å². The number of amides is 1. The molecule has 0 fully saturated rings. The number of rotatable bonds is 6. The first-order valence-electron chi connectivity index (χ1n) is 7.87. The molecule has 0 radical (unpaired) electrons. The van der Waals surface area contributed by atoms with Gasteiger partial charge in [-0.3, -0.25) is 4.79 Å². The van der Waals surface area contributed by atoms with Gasteiger partial charge in [0, 0.05) is 12.1 Å². The molecule has 6 nitrogen and oxygen atoms in total. The largest absolute Gasteiger partial charge is 0.507 e. The Balaban J connectivity index is 1.60. The Morgan fingerprint density at radius 3 is 2.84 bits per heavy atom. The molecule has 0 spiro atoms. The highest BCUT2D eigenvalue weighted by Crippen LogP contribution is 2.23. The number of phenolic OH excluding ortho intramolecular Hbond substituents is 1. The van der Waals surface area contributed by atoms with Gasteiger partial charge in [0.2, 0.25) is 0 Å². The van der Waals surface area contributed by atoms with Gasteiger partial charge in [-0.2, -0.15) is 5.10 Å². The lowest BCUT2D eigenvalue weighted by Crippen LogP contribution is -2.20. The van der Waals surface area contributed by atoms with Crippen molar-refractivity contribution in [2.24, 2.45) is 5.10 Å². The van der Waals surface area contributed by atoms with Crippen molar-refractivity contribution in [3.8, 4) is 5.75 Å². The lowest BCUT2D eigenvalue weighted by atomic mass is 10.2. The van der Waals surface area contributed by atoms with Crippen LogP contribution in [0.3, 0.4) is 0 Å². The van der Waals surface area contributed by atoms with Gasteiger partial charge in [0.05, 0.1) is 23.0 Å². The fourth-order valence-electron chi connectivity index (χ4n) is 2.40. The number of benzene rings is 2. The Morgan fingerprint density at radius 1 is 1.28 bits per heavy atom. The summed E-state index contributed by atoms with van der Waals surface area (Å²) in [4.78, 5) is 16.5. The third-order valence-corrected chi connectivity index (χ3v) is 4.57. The maximum absolute atomic E-state index is 12.0. The number of phenols is 1. The number of fused-ring (bicyclic) bond motifs is 1. The highest BCUT2D eigenvalue weighted by Gasteiger charge is 2.11. The average Bonchev–Trinajstić information content (AvgIpc) is 2.99. The summed E-state index contributed by atoms with van der Waals surface area (Å²) in [5, 5.41) is 14.3. The summed E-state index contributed by atoms with van der Waals surface area (Å²) >= 11 is 1.37. The van der Waals surface area contributed by atoms with Crippen LogP contribution in [0.15, 0.2) is 58.8 Å². The zero-order valence-corrected chi connectivity index (χ0v) is 14.5. The van der Waals surface area contributed by atoms with Crippen molar-refractivity contribution in [3.05, 3.63) is 54.1 Å². The summed E-state index contributed by atoms with van der Waals surface area (Å²) < 4.78 is 2.08. The van der Waals surface area contributed by atoms with Crippen LogP contribution < -0.4 is 5.43 Å². The van der Waals surface area contributed by atoms with Crippen LogP contribution in [0.2, 0.25) is 0 Å². The molecule has 0 aliphatic carbocycles. The first kappa shape index (κ1) is 17.0.